The molecule has 2 rings (SSSR count). The van der Waals surface area contributed by atoms with Gasteiger partial charge in [-0.2, -0.15) is 0 Å². The van der Waals surface area contributed by atoms with E-state index in [4.69, 9.17) is 5.11 Å². The normalized spacial score (nSPS) is 22.1. The van der Waals surface area contributed by atoms with E-state index < -0.39 is 20.7 Å². The monoisotopic (exact) mass is 301 g/mol. The topological polar surface area (TPSA) is 66.4 Å². The Balaban J connectivity index is 2.31. The highest BCUT2D eigenvalue weighted by atomic mass is 32.2. The van der Waals surface area contributed by atoms with Gasteiger partial charge in [-0.3, -0.25) is 0 Å². The highest BCUT2D eigenvalue weighted by molar-refractivity contribution is 7.89. The fraction of sp³-hybridized carbons (Fsp3) is 0.571. The number of hydrogen-bond acceptors (Lipinski definition) is 3. The smallest absolute Gasteiger partial charge is 0.243 e. The molecule has 0 bridgehead atoms. The molecule has 1 fully saturated rings. The number of sulfonamides is 1. The minimum atomic E-state index is -3.91. The van der Waals surface area contributed by atoms with Crippen molar-refractivity contribution in [2.45, 2.75) is 50.7 Å². The van der Waals surface area contributed by atoms with Gasteiger partial charge in [0.1, 0.15) is 10.7 Å². The molecule has 0 amide bonds. The minimum Gasteiger partial charge on any atom is -0.392 e. The van der Waals surface area contributed by atoms with Gasteiger partial charge in [-0.1, -0.05) is 26.3 Å². The Morgan fingerprint density at radius 3 is 2.70 bits per heavy atom. The maximum Gasteiger partial charge on any atom is 0.243 e. The van der Waals surface area contributed by atoms with Crippen LogP contribution in [-0.2, 0) is 16.6 Å². The van der Waals surface area contributed by atoms with Gasteiger partial charge in [-0.05, 0) is 36.0 Å². The summed E-state index contributed by atoms with van der Waals surface area (Å²) in [5.41, 5.74) is 0.246. The highest BCUT2D eigenvalue weighted by Crippen LogP contribution is 2.38. The summed E-state index contributed by atoms with van der Waals surface area (Å²) in [5.74, 6) is -0.800. The number of nitrogens with one attached hydrogen (secondary N) is 1. The number of aliphatic hydroxyl groups is 1. The van der Waals surface area contributed by atoms with Crippen LogP contribution in [0.4, 0.5) is 4.39 Å². The molecule has 1 aliphatic rings. The molecule has 20 heavy (non-hydrogen) atoms. The molecule has 4 nitrogen and oxygen atoms in total. The molecular weight excluding hydrogens is 281 g/mol. The number of benzene rings is 1. The van der Waals surface area contributed by atoms with Crippen molar-refractivity contribution >= 4 is 10.0 Å². The first-order valence-electron chi connectivity index (χ1n) is 6.68. The minimum absolute atomic E-state index is 0.127. The molecule has 1 aliphatic carbocycles. The van der Waals surface area contributed by atoms with Crippen molar-refractivity contribution in [3.63, 3.8) is 0 Å². The lowest BCUT2D eigenvalue weighted by Crippen LogP contribution is -2.41. The van der Waals surface area contributed by atoms with Crippen molar-refractivity contribution in [2.75, 3.05) is 0 Å². The maximum absolute atomic E-state index is 13.8. The average molecular weight is 301 g/mol. The molecule has 1 atom stereocenters. The molecule has 1 aromatic rings. The Labute approximate surface area is 119 Å². The van der Waals surface area contributed by atoms with Crippen LogP contribution in [0, 0.1) is 11.2 Å². The molecule has 0 aromatic heterocycles. The van der Waals surface area contributed by atoms with Gasteiger partial charge in [0, 0.05) is 6.04 Å². The molecule has 0 saturated heterocycles. The molecule has 0 radical (unpaired) electrons. The molecule has 1 unspecified atom stereocenters. The van der Waals surface area contributed by atoms with E-state index in [9.17, 15) is 12.8 Å². The van der Waals surface area contributed by atoms with Crippen molar-refractivity contribution in [1.29, 1.82) is 0 Å². The van der Waals surface area contributed by atoms with Crippen LogP contribution in [0.2, 0.25) is 0 Å². The number of aliphatic hydroxyl groups excluding tert-OH is 1. The maximum atomic E-state index is 13.8. The van der Waals surface area contributed by atoms with Gasteiger partial charge < -0.3 is 5.11 Å². The largest absolute Gasteiger partial charge is 0.392 e. The Hall–Kier alpha value is -0.980. The zero-order valence-electron chi connectivity index (χ0n) is 11.7. The van der Waals surface area contributed by atoms with Crippen LogP contribution in [0.5, 0.6) is 0 Å². The lowest BCUT2D eigenvalue weighted by atomic mass is 9.88. The second-order valence-electron chi connectivity index (χ2n) is 5.98. The summed E-state index contributed by atoms with van der Waals surface area (Å²) >= 11 is 0. The summed E-state index contributed by atoms with van der Waals surface area (Å²) in [6, 6.07) is 3.43. The average Bonchev–Trinajstić information content (AvgIpc) is 2.68. The molecule has 2 N–H and O–H groups in total. The second-order valence-corrected chi connectivity index (χ2v) is 7.66. The van der Waals surface area contributed by atoms with Crippen LogP contribution in [0.15, 0.2) is 23.1 Å². The third kappa shape index (κ3) is 3.02. The van der Waals surface area contributed by atoms with Crippen LogP contribution in [-0.4, -0.2) is 19.6 Å². The summed E-state index contributed by atoms with van der Waals surface area (Å²) in [6.45, 7) is 3.69. The zero-order chi connectivity index (χ0) is 15.0. The van der Waals surface area contributed by atoms with Gasteiger partial charge in [0.2, 0.25) is 10.0 Å². The molecule has 1 aromatic carbocycles. The number of halogens is 1. The molecule has 112 valence electrons. The van der Waals surface area contributed by atoms with Gasteiger partial charge in [-0.15, -0.1) is 0 Å². The molecule has 6 heteroatoms. The quantitative estimate of drug-likeness (QED) is 0.895. The van der Waals surface area contributed by atoms with Gasteiger partial charge in [0.05, 0.1) is 6.61 Å². The summed E-state index contributed by atoms with van der Waals surface area (Å²) in [6.07, 6.45) is 2.66. The van der Waals surface area contributed by atoms with E-state index in [1.165, 1.54) is 12.1 Å². The summed E-state index contributed by atoms with van der Waals surface area (Å²) in [4.78, 5) is -0.397. The van der Waals surface area contributed by atoms with Crippen LogP contribution < -0.4 is 4.72 Å². The predicted octanol–water partition coefficient (Wildman–Crippen LogP) is 2.17. The van der Waals surface area contributed by atoms with E-state index in [0.717, 1.165) is 25.3 Å². The first kappa shape index (κ1) is 15.4. The lowest BCUT2D eigenvalue weighted by molar-refractivity contribution is 0.281. The molecular formula is C14H20FNO3S. The summed E-state index contributed by atoms with van der Waals surface area (Å²) in [5, 5.41) is 9.05. The van der Waals surface area contributed by atoms with Crippen molar-refractivity contribution in [3.05, 3.63) is 29.6 Å². The fourth-order valence-corrected chi connectivity index (χ4v) is 4.22. The van der Waals surface area contributed by atoms with Gasteiger partial charge in [0.15, 0.2) is 0 Å². The van der Waals surface area contributed by atoms with E-state index in [1.807, 2.05) is 13.8 Å². The third-order valence-corrected chi connectivity index (χ3v) is 5.51. The van der Waals surface area contributed by atoms with E-state index in [-0.39, 0.29) is 18.1 Å². The predicted molar refractivity (Wildman–Crippen MR) is 74.1 cm³/mol. The van der Waals surface area contributed by atoms with Gasteiger partial charge in [-0.25, -0.2) is 17.5 Å². The van der Waals surface area contributed by atoms with Crippen molar-refractivity contribution < 1.29 is 17.9 Å². The Kier molecular flexibility index (Phi) is 4.18. The van der Waals surface area contributed by atoms with Gasteiger partial charge in [0.25, 0.3) is 0 Å². The highest BCUT2D eigenvalue weighted by Gasteiger charge is 2.37. The van der Waals surface area contributed by atoms with Crippen LogP contribution in [0.1, 0.15) is 38.7 Å². The standard InChI is InChI=1S/C14H20FNO3S/c1-14(2)7-3-4-13(14)16-20(18,19)12-8-10(9-17)5-6-11(12)15/h5-6,8,13,16-17H,3-4,7,9H2,1-2H3. The summed E-state index contributed by atoms with van der Waals surface area (Å²) in [7, 11) is -3.91. The molecule has 1 saturated carbocycles. The van der Waals surface area contributed by atoms with Crippen LogP contribution >= 0.6 is 0 Å². The molecule has 0 spiro atoms. The van der Waals surface area contributed by atoms with Crippen molar-refractivity contribution in [2.24, 2.45) is 5.41 Å². The Morgan fingerprint density at radius 2 is 2.15 bits per heavy atom. The van der Waals surface area contributed by atoms with E-state index in [0.29, 0.717) is 5.56 Å². The molecule has 0 aliphatic heterocycles. The summed E-state index contributed by atoms with van der Waals surface area (Å²) < 4.78 is 41.0. The van der Waals surface area contributed by atoms with Gasteiger partial charge >= 0.3 is 0 Å². The Morgan fingerprint density at radius 1 is 1.45 bits per heavy atom. The third-order valence-electron chi connectivity index (χ3n) is 4.02. The first-order chi connectivity index (χ1) is 9.26. The lowest BCUT2D eigenvalue weighted by Gasteiger charge is -2.27. The van der Waals surface area contributed by atoms with E-state index >= 15 is 0 Å². The number of hydrogen-bond donors (Lipinski definition) is 2. The fourth-order valence-electron chi connectivity index (χ4n) is 2.65. The van der Waals surface area contributed by atoms with Crippen molar-refractivity contribution in [3.8, 4) is 0 Å². The SMILES string of the molecule is CC1(C)CCCC1NS(=O)(=O)c1cc(CO)ccc1F. The van der Waals surface area contributed by atoms with Crippen LogP contribution in [0.3, 0.4) is 0 Å². The Bertz CT molecular complexity index is 598. The van der Waals surface area contributed by atoms with E-state index in [1.54, 1.807) is 0 Å². The number of rotatable bonds is 4. The van der Waals surface area contributed by atoms with E-state index in [2.05, 4.69) is 4.72 Å². The van der Waals surface area contributed by atoms with Crippen LogP contribution in [0.25, 0.3) is 0 Å². The first-order valence-corrected chi connectivity index (χ1v) is 8.16. The molecule has 0 heterocycles. The second kappa shape index (κ2) is 5.42. The zero-order valence-corrected chi connectivity index (χ0v) is 12.5. The van der Waals surface area contributed by atoms with Crippen molar-refractivity contribution in [1.82, 2.24) is 4.72 Å².